The molecule has 0 spiro atoms. The van der Waals surface area contributed by atoms with Crippen LogP contribution in [0.15, 0.2) is 0 Å². The van der Waals surface area contributed by atoms with Crippen LogP contribution in [0, 0.1) is 0 Å². The first-order valence-electron chi connectivity index (χ1n) is 9.81. The second kappa shape index (κ2) is 17.4. The zero-order chi connectivity index (χ0) is 18.8. The lowest BCUT2D eigenvalue weighted by atomic mass is 10.0. The summed E-state index contributed by atoms with van der Waals surface area (Å²) in [6.07, 6.45) is 12.1. The van der Waals surface area contributed by atoms with Gasteiger partial charge in [-0.25, -0.2) is 9.59 Å². The van der Waals surface area contributed by atoms with Crippen LogP contribution in [-0.2, 0) is 9.47 Å². The highest BCUT2D eigenvalue weighted by Crippen LogP contribution is 2.16. The molecule has 25 heavy (non-hydrogen) atoms. The number of ether oxygens (including phenoxy) is 2. The Hall–Kier alpha value is -1.46. The quantitative estimate of drug-likeness (QED) is 0.236. The van der Waals surface area contributed by atoms with Crippen molar-refractivity contribution in [2.45, 2.75) is 103 Å². The lowest BCUT2D eigenvalue weighted by Crippen LogP contribution is -2.17. The van der Waals surface area contributed by atoms with Gasteiger partial charge in [-0.15, -0.1) is 0 Å². The van der Waals surface area contributed by atoms with Crippen LogP contribution in [0.3, 0.4) is 0 Å². The van der Waals surface area contributed by atoms with Crippen LogP contribution < -0.4 is 0 Å². The Morgan fingerprint density at radius 2 is 1.20 bits per heavy atom. The van der Waals surface area contributed by atoms with Crippen LogP contribution in [0.5, 0.6) is 0 Å². The third-order valence-corrected chi connectivity index (χ3v) is 4.29. The molecular formula is C19H36O6. The minimum Gasteiger partial charge on any atom is -0.450 e. The Labute approximate surface area is 151 Å². The van der Waals surface area contributed by atoms with Gasteiger partial charge in [-0.3, -0.25) is 0 Å². The predicted molar refractivity (Wildman–Crippen MR) is 97.2 cm³/mol. The summed E-state index contributed by atoms with van der Waals surface area (Å²) in [7, 11) is 0. The Balaban J connectivity index is 3.65. The van der Waals surface area contributed by atoms with Gasteiger partial charge in [0.2, 0.25) is 0 Å². The lowest BCUT2D eigenvalue weighted by Gasteiger charge is -2.15. The molecule has 2 N–H and O–H groups in total. The average Bonchev–Trinajstić information content (AvgIpc) is 2.55. The molecule has 1 atom stereocenters. The van der Waals surface area contributed by atoms with Crippen molar-refractivity contribution in [3.05, 3.63) is 0 Å². The van der Waals surface area contributed by atoms with E-state index in [0.717, 1.165) is 44.9 Å². The molecule has 0 aromatic heterocycles. The summed E-state index contributed by atoms with van der Waals surface area (Å²) in [6, 6.07) is 0. The van der Waals surface area contributed by atoms with Crippen molar-refractivity contribution in [3.63, 3.8) is 0 Å². The van der Waals surface area contributed by atoms with Gasteiger partial charge in [-0.2, -0.15) is 0 Å². The first-order valence-corrected chi connectivity index (χ1v) is 9.81. The number of unbranched alkanes of at least 4 members (excludes halogenated alkanes) is 10. The number of hydrogen-bond donors (Lipinski definition) is 2. The summed E-state index contributed by atoms with van der Waals surface area (Å²) < 4.78 is 9.43. The van der Waals surface area contributed by atoms with Gasteiger partial charge in [0.25, 0.3) is 0 Å². The molecule has 0 saturated heterocycles. The smallest absolute Gasteiger partial charge is 0.450 e. The van der Waals surface area contributed by atoms with Gasteiger partial charge in [0.1, 0.15) is 6.10 Å². The number of carbonyl (C=O) groups is 2. The van der Waals surface area contributed by atoms with Crippen molar-refractivity contribution >= 4 is 12.3 Å². The van der Waals surface area contributed by atoms with Crippen molar-refractivity contribution in [1.29, 1.82) is 0 Å². The molecular weight excluding hydrogens is 324 g/mol. The summed E-state index contributed by atoms with van der Waals surface area (Å²) >= 11 is 0. The highest BCUT2D eigenvalue weighted by molar-refractivity contribution is 5.57. The summed E-state index contributed by atoms with van der Waals surface area (Å²) in [4.78, 5) is 21.0. The zero-order valence-corrected chi connectivity index (χ0v) is 15.7. The van der Waals surface area contributed by atoms with E-state index in [4.69, 9.17) is 14.9 Å². The molecule has 0 aliphatic heterocycles. The lowest BCUT2D eigenvalue weighted by molar-refractivity contribution is 0.0422. The van der Waals surface area contributed by atoms with Gasteiger partial charge in [0, 0.05) is 0 Å². The molecule has 0 fully saturated rings. The maximum Gasteiger partial charge on any atom is 0.506 e. The van der Waals surface area contributed by atoms with Crippen molar-refractivity contribution < 1.29 is 29.3 Å². The SMILES string of the molecule is CCCCCCCCCCC(CCCCCCOC(=O)O)OC(=O)O. The Morgan fingerprint density at radius 1 is 0.720 bits per heavy atom. The van der Waals surface area contributed by atoms with E-state index in [1.54, 1.807) is 0 Å². The molecule has 0 saturated carbocycles. The van der Waals surface area contributed by atoms with Gasteiger partial charge in [0.15, 0.2) is 0 Å². The molecule has 1 unspecified atom stereocenters. The minimum absolute atomic E-state index is 0.215. The maximum atomic E-state index is 10.8. The van der Waals surface area contributed by atoms with Crippen LogP contribution in [-0.4, -0.2) is 35.2 Å². The predicted octanol–water partition coefficient (Wildman–Crippen LogP) is 6.23. The standard InChI is InChI=1S/C19H36O6/c1-2-3-4-5-6-7-8-11-14-17(25-19(22)23)15-12-9-10-13-16-24-18(20)21/h17H,2-16H2,1H3,(H,20,21)(H,22,23). The zero-order valence-electron chi connectivity index (χ0n) is 15.7. The second-order valence-electron chi connectivity index (χ2n) is 6.59. The van der Waals surface area contributed by atoms with Crippen LogP contribution >= 0.6 is 0 Å². The van der Waals surface area contributed by atoms with Crippen LogP contribution in [0.1, 0.15) is 96.8 Å². The van der Waals surface area contributed by atoms with Crippen molar-refractivity contribution in [2.75, 3.05) is 6.61 Å². The number of rotatable bonds is 17. The van der Waals surface area contributed by atoms with E-state index in [9.17, 15) is 9.59 Å². The topological polar surface area (TPSA) is 93.1 Å². The molecule has 0 radical (unpaired) electrons. The van der Waals surface area contributed by atoms with Crippen LogP contribution in [0.2, 0.25) is 0 Å². The van der Waals surface area contributed by atoms with E-state index in [0.29, 0.717) is 6.42 Å². The molecule has 148 valence electrons. The second-order valence-corrected chi connectivity index (χ2v) is 6.59. The van der Waals surface area contributed by atoms with E-state index < -0.39 is 12.3 Å². The van der Waals surface area contributed by atoms with Crippen molar-refractivity contribution in [1.82, 2.24) is 0 Å². The van der Waals surface area contributed by atoms with Crippen molar-refractivity contribution in [3.8, 4) is 0 Å². The molecule has 0 aliphatic rings. The monoisotopic (exact) mass is 360 g/mol. The number of carboxylic acid groups (broad SMARTS) is 2. The van der Waals surface area contributed by atoms with E-state index in [1.165, 1.54) is 38.5 Å². The fraction of sp³-hybridized carbons (Fsp3) is 0.895. The van der Waals surface area contributed by atoms with Gasteiger partial charge in [-0.1, -0.05) is 64.7 Å². The first kappa shape index (κ1) is 23.5. The van der Waals surface area contributed by atoms with Crippen LogP contribution in [0.4, 0.5) is 9.59 Å². The van der Waals surface area contributed by atoms with E-state index in [2.05, 4.69) is 11.7 Å². The highest BCUT2D eigenvalue weighted by Gasteiger charge is 2.13. The molecule has 0 aromatic rings. The van der Waals surface area contributed by atoms with Crippen molar-refractivity contribution in [2.24, 2.45) is 0 Å². The summed E-state index contributed by atoms with van der Waals surface area (Å²) in [5.41, 5.74) is 0. The first-order chi connectivity index (χ1) is 12.1. The molecule has 0 heterocycles. The van der Waals surface area contributed by atoms with Crippen LogP contribution in [0.25, 0.3) is 0 Å². The summed E-state index contributed by atoms with van der Waals surface area (Å²) in [6.45, 7) is 2.44. The third kappa shape index (κ3) is 18.7. The minimum atomic E-state index is -1.24. The Bertz CT molecular complexity index is 332. The van der Waals surface area contributed by atoms with Gasteiger partial charge >= 0.3 is 12.3 Å². The average molecular weight is 360 g/mol. The van der Waals surface area contributed by atoms with Gasteiger partial charge < -0.3 is 19.7 Å². The van der Waals surface area contributed by atoms with E-state index >= 15 is 0 Å². The Kier molecular flexibility index (Phi) is 16.4. The molecule has 6 heteroatoms. The molecule has 6 nitrogen and oxygen atoms in total. The highest BCUT2D eigenvalue weighted by atomic mass is 16.7. The summed E-state index contributed by atoms with van der Waals surface area (Å²) in [5.74, 6) is 0. The van der Waals surface area contributed by atoms with Gasteiger partial charge in [0.05, 0.1) is 6.61 Å². The van der Waals surface area contributed by atoms with E-state index in [1.807, 2.05) is 0 Å². The molecule has 0 aliphatic carbocycles. The molecule has 0 amide bonds. The largest absolute Gasteiger partial charge is 0.506 e. The van der Waals surface area contributed by atoms with Gasteiger partial charge in [-0.05, 0) is 32.1 Å². The molecule has 0 bridgehead atoms. The molecule has 0 rings (SSSR count). The van der Waals surface area contributed by atoms with E-state index in [-0.39, 0.29) is 12.7 Å². The summed E-state index contributed by atoms with van der Waals surface area (Å²) in [5, 5.41) is 17.2. The number of hydrogen-bond acceptors (Lipinski definition) is 4. The molecule has 0 aromatic carbocycles. The third-order valence-electron chi connectivity index (χ3n) is 4.29. The normalized spacial score (nSPS) is 11.9. The fourth-order valence-corrected chi connectivity index (χ4v) is 2.90. The fourth-order valence-electron chi connectivity index (χ4n) is 2.90. The maximum absolute atomic E-state index is 10.8. The Morgan fingerprint density at radius 3 is 1.68 bits per heavy atom.